The fourth-order valence-electron chi connectivity index (χ4n) is 1.93. The van der Waals surface area contributed by atoms with Crippen molar-refractivity contribution >= 4 is 16.8 Å². The first kappa shape index (κ1) is 13.3. The Balaban J connectivity index is 2.05. The van der Waals surface area contributed by atoms with Gasteiger partial charge >= 0.3 is 0 Å². The number of oxime groups is 1. The largest absolute Gasteiger partial charge is 0.389 e. The average molecular weight is 269 g/mol. The first-order valence-corrected chi connectivity index (χ1v) is 7.06. The maximum atomic E-state index is 11.9. The molecule has 2 rings (SSSR count). The number of aromatic nitrogens is 2. The molecule has 0 unspecified atom stereocenters. The van der Waals surface area contributed by atoms with Crippen LogP contribution in [0.1, 0.15) is 38.4 Å². The second-order valence-corrected chi connectivity index (χ2v) is 6.14. The number of aromatic amines is 1. The van der Waals surface area contributed by atoms with Gasteiger partial charge in [-0.05, 0) is 20.3 Å². The Morgan fingerprint density at radius 1 is 1.56 bits per heavy atom. The number of aryl methyl sites for hydroxylation is 2. The van der Waals surface area contributed by atoms with Gasteiger partial charge in [-0.1, -0.05) is 12.1 Å². The van der Waals surface area contributed by atoms with Crippen LogP contribution in [0.4, 0.5) is 0 Å². The van der Waals surface area contributed by atoms with Gasteiger partial charge in [0.15, 0.2) is 0 Å². The molecule has 0 aliphatic carbocycles. The highest BCUT2D eigenvalue weighted by molar-refractivity contribution is 8.13. The van der Waals surface area contributed by atoms with Crippen LogP contribution >= 0.6 is 11.8 Å². The predicted molar refractivity (Wildman–Crippen MR) is 73.9 cm³/mol. The van der Waals surface area contributed by atoms with Crippen molar-refractivity contribution in [2.24, 2.45) is 12.2 Å². The van der Waals surface area contributed by atoms with Crippen LogP contribution in [0, 0.1) is 0 Å². The van der Waals surface area contributed by atoms with Crippen molar-refractivity contribution in [3.05, 3.63) is 21.6 Å². The van der Waals surface area contributed by atoms with Crippen molar-refractivity contribution in [3.63, 3.8) is 0 Å². The van der Waals surface area contributed by atoms with E-state index in [-0.39, 0.29) is 11.2 Å². The summed E-state index contributed by atoms with van der Waals surface area (Å²) in [6.07, 6.45) is 1.64. The molecule has 1 aromatic heterocycles. The third-order valence-electron chi connectivity index (χ3n) is 2.94. The molecule has 2 heterocycles. The zero-order chi connectivity index (χ0) is 13.3. The topological polar surface area (TPSA) is 59.4 Å². The van der Waals surface area contributed by atoms with E-state index in [1.807, 2.05) is 20.8 Å². The normalized spacial score (nSPS) is 17.7. The highest BCUT2D eigenvalue weighted by atomic mass is 32.2. The van der Waals surface area contributed by atoms with Gasteiger partial charge < -0.3 is 4.84 Å². The van der Waals surface area contributed by atoms with Gasteiger partial charge in [0, 0.05) is 30.5 Å². The molecule has 1 aromatic rings. The van der Waals surface area contributed by atoms with Gasteiger partial charge in [-0.15, -0.1) is 11.8 Å². The number of hydrogen-bond donors (Lipinski definition) is 1. The lowest BCUT2D eigenvalue weighted by molar-refractivity contribution is 0.0123. The van der Waals surface area contributed by atoms with Gasteiger partial charge in [-0.2, -0.15) is 0 Å². The van der Waals surface area contributed by atoms with E-state index in [1.54, 1.807) is 18.8 Å². The molecule has 0 saturated heterocycles. The summed E-state index contributed by atoms with van der Waals surface area (Å²) in [4.78, 5) is 17.2. The van der Waals surface area contributed by atoms with E-state index in [4.69, 9.17) is 4.84 Å². The molecule has 0 aromatic carbocycles. The minimum absolute atomic E-state index is 0.0538. The lowest BCUT2D eigenvalue weighted by atomic mass is 10.1. The summed E-state index contributed by atoms with van der Waals surface area (Å²) in [5.74, 6) is 0.650. The average Bonchev–Trinajstić information content (AvgIpc) is 2.78. The van der Waals surface area contributed by atoms with Crippen molar-refractivity contribution in [2.45, 2.75) is 45.0 Å². The Morgan fingerprint density at radius 2 is 2.28 bits per heavy atom. The van der Waals surface area contributed by atoms with Crippen LogP contribution in [0.2, 0.25) is 0 Å². The molecule has 0 radical (unpaired) electrons. The standard InChI is InChI=1S/C12H19N3O2S/c1-5-9-8(11(16)15(4)13-9)7-18-10-6-12(2,3)17-14-10/h13H,5-7H2,1-4H3. The molecule has 0 saturated carbocycles. The summed E-state index contributed by atoms with van der Waals surface area (Å²) in [6, 6.07) is 0. The predicted octanol–water partition coefficient (Wildman–Crippen LogP) is 2.02. The third kappa shape index (κ3) is 2.63. The molecule has 0 atom stereocenters. The van der Waals surface area contributed by atoms with Crippen molar-refractivity contribution < 1.29 is 4.84 Å². The number of hydrogen-bond acceptors (Lipinski definition) is 4. The fourth-order valence-corrected chi connectivity index (χ4v) is 3.08. The number of nitrogens with zero attached hydrogens (tertiary/aromatic N) is 2. The van der Waals surface area contributed by atoms with E-state index in [0.29, 0.717) is 5.75 Å². The summed E-state index contributed by atoms with van der Waals surface area (Å²) in [7, 11) is 1.75. The fraction of sp³-hybridized carbons (Fsp3) is 0.667. The molecule has 1 aliphatic rings. The van der Waals surface area contributed by atoms with Crippen molar-refractivity contribution in [2.75, 3.05) is 0 Å². The van der Waals surface area contributed by atoms with Crippen LogP contribution in [-0.4, -0.2) is 20.4 Å². The molecule has 100 valence electrons. The zero-order valence-electron chi connectivity index (χ0n) is 11.2. The van der Waals surface area contributed by atoms with E-state index in [0.717, 1.165) is 29.1 Å². The molecular formula is C12H19N3O2S. The first-order chi connectivity index (χ1) is 8.43. The van der Waals surface area contributed by atoms with E-state index < -0.39 is 0 Å². The van der Waals surface area contributed by atoms with Crippen LogP contribution in [0.5, 0.6) is 0 Å². The minimum Gasteiger partial charge on any atom is -0.389 e. The third-order valence-corrected chi connectivity index (χ3v) is 3.92. The summed E-state index contributed by atoms with van der Waals surface area (Å²) in [5.41, 5.74) is 1.70. The van der Waals surface area contributed by atoms with Crippen molar-refractivity contribution in [1.29, 1.82) is 0 Å². The van der Waals surface area contributed by atoms with Gasteiger partial charge in [0.25, 0.3) is 5.56 Å². The number of rotatable bonds is 3. The summed E-state index contributed by atoms with van der Waals surface area (Å²) in [5, 5.41) is 8.09. The van der Waals surface area contributed by atoms with Crippen molar-refractivity contribution in [1.82, 2.24) is 9.78 Å². The van der Waals surface area contributed by atoms with E-state index in [1.165, 1.54) is 4.68 Å². The molecule has 6 heteroatoms. The van der Waals surface area contributed by atoms with Crippen LogP contribution in [0.25, 0.3) is 0 Å². The van der Waals surface area contributed by atoms with Gasteiger partial charge in [-0.3, -0.25) is 14.6 Å². The minimum atomic E-state index is -0.209. The molecule has 0 bridgehead atoms. The molecule has 0 fully saturated rings. The van der Waals surface area contributed by atoms with E-state index in [2.05, 4.69) is 10.3 Å². The maximum Gasteiger partial charge on any atom is 0.270 e. The van der Waals surface area contributed by atoms with Crippen LogP contribution in [0.3, 0.4) is 0 Å². The lowest BCUT2D eigenvalue weighted by Gasteiger charge is -2.12. The summed E-state index contributed by atoms with van der Waals surface area (Å²) >= 11 is 1.59. The molecule has 1 N–H and O–H groups in total. The SMILES string of the molecule is CCc1[nH]n(C)c(=O)c1CSC1=NOC(C)(C)C1. The molecule has 0 amide bonds. The molecule has 0 spiro atoms. The number of nitrogens with one attached hydrogen (secondary N) is 1. The lowest BCUT2D eigenvalue weighted by Crippen LogP contribution is -2.18. The zero-order valence-corrected chi connectivity index (χ0v) is 12.1. The van der Waals surface area contributed by atoms with Gasteiger partial charge in [-0.25, -0.2) is 0 Å². The molecule has 1 aliphatic heterocycles. The number of H-pyrrole nitrogens is 1. The Bertz CT molecular complexity index is 528. The molecule has 18 heavy (non-hydrogen) atoms. The van der Waals surface area contributed by atoms with Gasteiger partial charge in [0.2, 0.25) is 0 Å². The van der Waals surface area contributed by atoms with Crippen LogP contribution in [-0.2, 0) is 24.1 Å². The molecule has 5 nitrogen and oxygen atoms in total. The first-order valence-electron chi connectivity index (χ1n) is 6.07. The summed E-state index contributed by atoms with van der Waals surface area (Å²) < 4.78 is 1.53. The Hall–Kier alpha value is -1.17. The second-order valence-electron chi connectivity index (χ2n) is 5.09. The van der Waals surface area contributed by atoms with Gasteiger partial charge in [0.05, 0.1) is 0 Å². The highest BCUT2D eigenvalue weighted by Gasteiger charge is 2.29. The Kier molecular flexibility index (Phi) is 3.56. The van der Waals surface area contributed by atoms with Crippen molar-refractivity contribution in [3.8, 4) is 0 Å². The van der Waals surface area contributed by atoms with E-state index in [9.17, 15) is 4.79 Å². The quantitative estimate of drug-likeness (QED) is 0.913. The highest BCUT2D eigenvalue weighted by Crippen LogP contribution is 2.29. The smallest absolute Gasteiger partial charge is 0.270 e. The second kappa shape index (κ2) is 4.84. The number of thioether (sulfide) groups is 1. The molecular weight excluding hydrogens is 250 g/mol. The monoisotopic (exact) mass is 269 g/mol. The summed E-state index contributed by atoms with van der Waals surface area (Å²) in [6.45, 7) is 6.06. The van der Waals surface area contributed by atoms with Crippen LogP contribution < -0.4 is 5.56 Å². The Labute approximate surface area is 111 Å². The van der Waals surface area contributed by atoms with Crippen LogP contribution in [0.15, 0.2) is 9.95 Å². The maximum absolute atomic E-state index is 11.9. The van der Waals surface area contributed by atoms with E-state index >= 15 is 0 Å². The Morgan fingerprint density at radius 3 is 2.83 bits per heavy atom. The van der Waals surface area contributed by atoms with Gasteiger partial charge in [0.1, 0.15) is 10.6 Å².